The number of hydrogen-bond acceptors (Lipinski definition) is 9. The van der Waals surface area contributed by atoms with Crippen LogP contribution in [-0.2, 0) is 19.1 Å². The molecule has 9 nitrogen and oxygen atoms in total. The summed E-state index contributed by atoms with van der Waals surface area (Å²) in [6.45, 7) is 4.96. The summed E-state index contributed by atoms with van der Waals surface area (Å²) in [6.07, 6.45) is 2.39. The van der Waals surface area contributed by atoms with Crippen LogP contribution in [0.4, 0.5) is 5.69 Å². The minimum absolute atomic E-state index is 0.0682. The van der Waals surface area contributed by atoms with Crippen LogP contribution in [-0.4, -0.2) is 25.2 Å². The Labute approximate surface area is 153 Å². The van der Waals surface area contributed by atoms with Crippen LogP contribution >= 0.6 is 0 Å². The second kappa shape index (κ2) is 8.84. The van der Waals surface area contributed by atoms with Crippen LogP contribution in [0.25, 0.3) is 11.0 Å². The summed E-state index contributed by atoms with van der Waals surface area (Å²) in [5.74, 6) is -2.55. The number of carbonyl (C=O) groups excluding carboxylic acids is 2. The number of hydrogen-bond donors (Lipinski definition) is 1. The van der Waals surface area contributed by atoms with Gasteiger partial charge in [0.15, 0.2) is 5.92 Å². The zero-order valence-electron chi connectivity index (χ0n) is 15.1. The summed E-state index contributed by atoms with van der Waals surface area (Å²) in [5.41, 5.74) is -1.36. The minimum Gasteiger partial charge on any atom is -0.465 e. The lowest BCUT2D eigenvalue weighted by molar-refractivity contribution is -0.158. The highest BCUT2D eigenvalue weighted by Crippen LogP contribution is 2.14. The van der Waals surface area contributed by atoms with Crippen molar-refractivity contribution in [2.45, 2.75) is 20.8 Å². The van der Waals surface area contributed by atoms with Gasteiger partial charge >= 0.3 is 23.2 Å². The second-order valence-electron chi connectivity index (χ2n) is 5.36. The van der Waals surface area contributed by atoms with Crippen molar-refractivity contribution in [1.29, 1.82) is 0 Å². The van der Waals surface area contributed by atoms with E-state index in [-0.39, 0.29) is 29.9 Å². The molecule has 0 aromatic carbocycles. The number of esters is 2. The highest BCUT2D eigenvalue weighted by molar-refractivity contribution is 5.97. The van der Waals surface area contributed by atoms with E-state index in [1.54, 1.807) is 20.8 Å². The highest BCUT2D eigenvalue weighted by atomic mass is 16.6. The van der Waals surface area contributed by atoms with Gasteiger partial charge in [-0.15, -0.1) is 0 Å². The Morgan fingerprint density at radius 3 is 2.30 bits per heavy atom. The Morgan fingerprint density at radius 1 is 1.07 bits per heavy atom. The molecule has 0 fully saturated rings. The maximum absolute atomic E-state index is 12.0. The SMILES string of the molecule is CCOC(=O)C(/C=C/Nc1cc2c(=O)oc(C)cc2oc1=O)C(=O)OCC. The molecule has 144 valence electrons. The Hall–Kier alpha value is -3.36. The van der Waals surface area contributed by atoms with Gasteiger partial charge in [0.2, 0.25) is 0 Å². The molecule has 2 heterocycles. The molecule has 1 N–H and O–H groups in total. The van der Waals surface area contributed by atoms with Gasteiger partial charge in [-0.25, -0.2) is 9.59 Å². The van der Waals surface area contributed by atoms with Gasteiger partial charge in [-0.2, -0.15) is 0 Å². The van der Waals surface area contributed by atoms with E-state index in [1.165, 1.54) is 24.4 Å². The van der Waals surface area contributed by atoms with Crippen LogP contribution in [0.15, 0.2) is 42.8 Å². The van der Waals surface area contributed by atoms with Gasteiger partial charge in [-0.3, -0.25) is 9.59 Å². The lowest BCUT2D eigenvalue weighted by atomic mass is 10.1. The molecular formula is C18H19NO8. The molecule has 2 aromatic heterocycles. The van der Waals surface area contributed by atoms with Crippen molar-refractivity contribution in [3.8, 4) is 0 Å². The average molecular weight is 377 g/mol. The summed E-state index contributed by atoms with van der Waals surface area (Å²) in [6, 6.07) is 2.69. The molecule has 0 saturated heterocycles. The van der Waals surface area contributed by atoms with E-state index < -0.39 is 29.1 Å². The van der Waals surface area contributed by atoms with Crippen molar-refractivity contribution in [1.82, 2.24) is 0 Å². The van der Waals surface area contributed by atoms with Crippen molar-refractivity contribution < 1.29 is 27.9 Å². The molecule has 2 aromatic rings. The molecule has 0 saturated carbocycles. The molecule has 0 radical (unpaired) electrons. The van der Waals surface area contributed by atoms with Crippen LogP contribution in [0.2, 0.25) is 0 Å². The van der Waals surface area contributed by atoms with E-state index in [0.29, 0.717) is 5.76 Å². The maximum atomic E-state index is 12.0. The third-order valence-electron chi connectivity index (χ3n) is 3.39. The fraction of sp³-hybridized carbons (Fsp3) is 0.333. The molecule has 0 aliphatic carbocycles. The lowest BCUT2D eigenvalue weighted by Crippen LogP contribution is -2.26. The van der Waals surface area contributed by atoms with Crippen LogP contribution in [0, 0.1) is 12.8 Å². The smallest absolute Gasteiger partial charge is 0.360 e. The van der Waals surface area contributed by atoms with Gasteiger partial charge in [0.25, 0.3) is 0 Å². The molecule has 0 spiro atoms. The van der Waals surface area contributed by atoms with Gasteiger partial charge in [-0.1, -0.05) is 0 Å². The first-order chi connectivity index (χ1) is 12.9. The Kier molecular flexibility index (Phi) is 6.53. The Balaban J connectivity index is 2.28. The molecule has 0 amide bonds. The zero-order valence-corrected chi connectivity index (χ0v) is 15.1. The summed E-state index contributed by atoms with van der Waals surface area (Å²) in [5, 5.41) is 2.66. The van der Waals surface area contributed by atoms with Crippen LogP contribution in [0.3, 0.4) is 0 Å². The number of nitrogens with one attached hydrogen (secondary N) is 1. The van der Waals surface area contributed by atoms with Crippen molar-refractivity contribution in [2.24, 2.45) is 5.92 Å². The van der Waals surface area contributed by atoms with E-state index in [1.807, 2.05) is 0 Å². The van der Waals surface area contributed by atoms with Gasteiger partial charge < -0.3 is 23.6 Å². The average Bonchev–Trinajstić information content (AvgIpc) is 2.59. The van der Waals surface area contributed by atoms with E-state index in [2.05, 4.69) is 5.32 Å². The van der Waals surface area contributed by atoms with Crippen molar-refractivity contribution in [3.63, 3.8) is 0 Å². The molecular weight excluding hydrogens is 358 g/mol. The quantitative estimate of drug-likeness (QED) is 0.567. The Bertz CT molecular complexity index is 967. The predicted molar refractivity (Wildman–Crippen MR) is 95.3 cm³/mol. The van der Waals surface area contributed by atoms with E-state index in [9.17, 15) is 19.2 Å². The van der Waals surface area contributed by atoms with Gasteiger partial charge in [-0.05, 0) is 39.1 Å². The summed E-state index contributed by atoms with van der Waals surface area (Å²) >= 11 is 0. The fourth-order valence-corrected chi connectivity index (χ4v) is 2.22. The molecule has 27 heavy (non-hydrogen) atoms. The van der Waals surface area contributed by atoms with Crippen molar-refractivity contribution in [2.75, 3.05) is 18.5 Å². The number of fused-ring (bicyclic) bond motifs is 1. The number of rotatable bonds is 7. The zero-order chi connectivity index (χ0) is 20.0. The predicted octanol–water partition coefficient (Wildman–Crippen LogP) is 1.72. The maximum Gasteiger partial charge on any atom is 0.360 e. The van der Waals surface area contributed by atoms with Crippen molar-refractivity contribution >= 4 is 28.6 Å². The number of anilines is 1. The summed E-state index contributed by atoms with van der Waals surface area (Å²) < 4.78 is 19.7. The van der Waals surface area contributed by atoms with E-state index >= 15 is 0 Å². The fourth-order valence-electron chi connectivity index (χ4n) is 2.22. The van der Waals surface area contributed by atoms with Crippen LogP contribution in [0.1, 0.15) is 19.6 Å². The molecule has 0 bridgehead atoms. The van der Waals surface area contributed by atoms with Crippen molar-refractivity contribution in [3.05, 3.63) is 51.0 Å². The first kappa shape index (κ1) is 20.0. The number of carbonyl (C=O) groups is 2. The minimum atomic E-state index is -1.29. The molecule has 0 atom stereocenters. The number of ether oxygens (including phenoxy) is 2. The first-order valence-corrected chi connectivity index (χ1v) is 8.22. The van der Waals surface area contributed by atoms with Gasteiger partial charge in [0.05, 0.1) is 13.2 Å². The number of aryl methyl sites for hydroxylation is 1. The monoisotopic (exact) mass is 377 g/mol. The van der Waals surface area contributed by atoms with Gasteiger partial charge in [0, 0.05) is 6.07 Å². The second-order valence-corrected chi connectivity index (χ2v) is 5.36. The third-order valence-corrected chi connectivity index (χ3v) is 3.39. The first-order valence-electron chi connectivity index (χ1n) is 8.22. The van der Waals surface area contributed by atoms with Crippen LogP contribution < -0.4 is 16.6 Å². The standard InChI is InChI=1S/C18H19NO8/c1-4-24-15(20)11(16(21)25-5-2)6-7-19-13-9-12-14(27-18(13)23)8-10(3)26-17(12)22/h6-9,11,19H,4-5H2,1-3H3/b7-6+. The summed E-state index contributed by atoms with van der Waals surface area (Å²) in [4.78, 5) is 47.7. The summed E-state index contributed by atoms with van der Waals surface area (Å²) in [7, 11) is 0. The molecule has 9 heteroatoms. The molecule has 0 unspecified atom stereocenters. The largest absolute Gasteiger partial charge is 0.465 e. The topological polar surface area (TPSA) is 125 Å². The van der Waals surface area contributed by atoms with Crippen LogP contribution in [0.5, 0.6) is 0 Å². The molecule has 2 rings (SSSR count). The van der Waals surface area contributed by atoms with E-state index in [0.717, 1.165) is 0 Å². The van der Waals surface area contributed by atoms with E-state index in [4.69, 9.17) is 18.3 Å². The van der Waals surface area contributed by atoms with Gasteiger partial charge in [0.1, 0.15) is 22.4 Å². The lowest BCUT2D eigenvalue weighted by Gasteiger charge is -2.10. The Morgan fingerprint density at radius 2 is 1.70 bits per heavy atom. The molecule has 0 aliphatic rings. The third kappa shape index (κ3) is 4.84. The highest BCUT2D eigenvalue weighted by Gasteiger charge is 2.26. The normalized spacial score (nSPS) is 11.1. The molecule has 0 aliphatic heterocycles.